The highest BCUT2D eigenvalue weighted by atomic mass is 16.2. The number of rotatable bonds is 9. The van der Waals surface area contributed by atoms with Crippen LogP contribution in [0, 0.1) is 5.92 Å². The molecule has 31 heavy (non-hydrogen) atoms. The summed E-state index contributed by atoms with van der Waals surface area (Å²) in [7, 11) is 0. The average molecular weight is 416 g/mol. The molecule has 5 nitrogen and oxygen atoms in total. The molecular weight excluding hydrogens is 386 g/mol. The van der Waals surface area contributed by atoms with Crippen LogP contribution in [0.5, 0.6) is 0 Å². The molecule has 160 valence electrons. The summed E-state index contributed by atoms with van der Waals surface area (Å²) in [6, 6.07) is 22.8. The highest BCUT2D eigenvalue weighted by molar-refractivity contribution is 5.88. The zero-order valence-corrected chi connectivity index (χ0v) is 18.1. The summed E-state index contributed by atoms with van der Waals surface area (Å²) >= 11 is 0. The molecular formula is C26H29N3O2. The fourth-order valence-electron chi connectivity index (χ4n) is 3.44. The van der Waals surface area contributed by atoms with Crippen LogP contribution in [-0.2, 0) is 29.1 Å². The number of carbonyl (C=O) groups excluding carboxylic acids is 2. The molecule has 1 atom stereocenters. The van der Waals surface area contributed by atoms with Gasteiger partial charge in [0.05, 0.1) is 0 Å². The first-order chi connectivity index (χ1) is 15.0. The molecule has 0 fully saturated rings. The van der Waals surface area contributed by atoms with Gasteiger partial charge in [-0.05, 0) is 28.8 Å². The van der Waals surface area contributed by atoms with Gasteiger partial charge in [0.25, 0.3) is 0 Å². The van der Waals surface area contributed by atoms with Gasteiger partial charge in [-0.25, -0.2) is 0 Å². The minimum absolute atomic E-state index is 0.0381. The number of carbonyl (C=O) groups is 2. The first-order valence-electron chi connectivity index (χ1n) is 10.6. The van der Waals surface area contributed by atoms with Crippen LogP contribution < -0.4 is 5.32 Å². The Bertz CT molecular complexity index is 960. The number of nitrogens with zero attached hydrogens (tertiary/aromatic N) is 2. The van der Waals surface area contributed by atoms with Crippen molar-refractivity contribution in [1.82, 2.24) is 15.2 Å². The molecule has 2 aromatic carbocycles. The molecule has 0 aliphatic rings. The molecule has 0 aliphatic heterocycles. The molecule has 0 saturated heterocycles. The summed E-state index contributed by atoms with van der Waals surface area (Å²) in [6.07, 6.45) is 3.86. The molecule has 1 aromatic heterocycles. The number of hydrogen-bond donors (Lipinski definition) is 1. The lowest BCUT2D eigenvalue weighted by Crippen LogP contribution is -2.51. The maximum atomic E-state index is 13.4. The third-order valence-corrected chi connectivity index (χ3v) is 5.14. The quantitative estimate of drug-likeness (QED) is 0.575. The third kappa shape index (κ3) is 6.51. The second-order valence-corrected chi connectivity index (χ2v) is 7.89. The number of amides is 2. The Balaban J connectivity index is 1.88. The Hall–Kier alpha value is -3.47. The van der Waals surface area contributed by atoms with E-state index in [0.29, 0.717) is 19.5 Å². The maximum absolute atomic E-state index is 13.4. The Morgan fingerprint density at radius 3 is 2.00 bits per heavy atom. The van der Waals surface area contributed by atoms with Crippen LogP contribution in [0.25, 0.3) is 0 Å². The lowest BCUT2D eigenvalue weighted by molar-refractivity contribution is -0.143. The van der Waals surface area contributed by atoms with Gasteiger partial charge in [-0.15, -0.1) is 0 Å². The second kappa shape index (κ2) is 11.1. The van der Waals surface area contributed by atoms with Crippen molar-refractivity contribution in [2.75, 3.05) is 0 Å². The molecule has 3 rings (SSSR count). The third-order valence-electron chi connectivity index (χ3n) is 5.14. The van der Waals surface area contributed by atoms with Crippen LogP contribution in [0.2, 0.25) is 0 Å². The van der Waals surface area contributed by atoms with Gasteiger partial charge in [0.1, 0.15) is 6.04 Å². The van der Waals surface area contributed by atoms with Gasteiger partial charge in [-0.2, -0.15) is 0 Å². The van der Waals surface area contributed by atoms with E-state index in [2.05, 4.69) is 10.3 Å². The van der Waals surface area contributed by atoms with Gasteiger partial charge in [0, 0.05) is 37.8 Å². The Morgan fingerprint density at radius 1 is 0.839 bits per heavy atom. The lowest BCUT2D eigenvalue weighted by Gasteiger charge is -2.32. The monoisotopic (exact) mass is 415 g/mol. The first-order valence-corrected chi connectivity index (χ1v) is 10.6. The summed E-state index contributed by atoms with van der Waals surface area (Å²) in [4.78, 5) is 32.3. The summed E-state index contributed by atoms with van der Waals surface area (Å²) in [5.74, 6) is -0.413. The predicted molar refractivity (Wildman–Crippen MR) is 122 cm³/mol. The molecule has 1 heterocycles. The highest BCUT2D eigenvalue weighted by Crippen LogP contribution is 2.17. The van der Waals surface area contributed by atoms with Crippen LogP contribution in [0.1, 0.15) is 30.5 Å². The van der Waals surface area contributed by atoms with E-state index in [9.17, 15) is 9.59 Å². The number of benzene rings is 2. The second-order valence-electron chi connectivity index (χ2n) is 7.89. The van der Waals surface area contributed by atoms with Crippen LogP contribution in [0.3, 0.4) is 0 Å². The fraction of sp³-hybridized carbons (Fsp3) is 0.269. The summed E-state index contributed by atoms with van der Waals surface area (Å²) in [6.45, 7) is 4.52. The van der Waals surface area contributed by atoms with E-state index < -0.39 is 6.04 Å². The average Bonchev–Trinajstić information content (AvgIpc) is 2.81. The molecule has 3 aromatic rings. The zero-order chi connectivity index (χ0) is 22.1. The minimum atomic E-state index is -0.612. The van der Waals surface area contributed by atoms with Crippen molar-refractivity contribution < 1.29 is 9.59 Å². The Kier molecular flexibility index (Phi) is 7.93. The van der Waals surface area contributed by atoms with E-state index in [4.69, 9.17) is 0 Å². The SMILES string of the molecule is CC(C)C(=O)N(Cc1ccccc1)[C@H](Cc1ccccc1)C(=O)NCc1ccncc1. The maximum Gasteiger partial charge on any atom is 0.243 e. The largest absolute Gasteiger partial charge is 0.350 e. The van der Waals surface area contributed by atoms with Crippen LogP contribution in [0.15, 0.2) is 85.2 Å². The van der Waals surface area contributed by atoms with Gasteiger partial charge in [0.15, 0.2) is 0 Å². The van der Waals surface area contributed by atoms with Gasteiger partial charge in [-0.1, -0.05) is 74.5 Å². The summed E-state index contributed by atoms with van der Waals surface area (Å²) in [5, 5.41) is 3.02. The molecule has 0 spiro atoms. The van der Waals surface area contributed by atoms with Crippen LogP contribution >= 0.6 is 0 Å². The smallest absolute Gasteiger partial charge is 0.243 e. The highest BCUT2D eigenvalue weighted by Gasteiger charge is 2.31. The van der Waals surface area contributed by atoms with E-state index >= 15 is 0 Å². The standard InChI is InChI=1S/C26H29N3O2/c1-20(2)26(31)29(19-23-11-7-4-8-12-23)24(17-21-9-5-3-6-10-21)25(30)28-18-22-13-15-27-16-14-22/h3-16,20,24H,17-19H2,1-2H3,(H,28,30)/t24-/m1/s1. The first kappa shape index (κ1) is 22.2. The van der Waals surface area contributed by atoms with E-state index in [1.54, 1.807) is 17.3 Å². The van der Waals surface area contributed by atoms with Crippen molar-refractivity contribution in [2.45, 2.75) is 39.4 Å². The lowest BCUT2D eigenvalue weighted by atomic mass is 10.0. The van der Waals surface area contributed by atoms with E-state index in [-0.39, 0.29) is 17.7 Å². The zero-order valence-electron chi connectivity index (χ0n) is 18.1. The fourth-order valence-corrected chi connectivity index (χ4v) is 3.44. The molecule has 5 heteroatoms. The van der Waals surface area contributed by atoms with Gasteiger partial charge in [0.2, 0.25) is 11.8 Å². The van der Waals surface area contributed by atoms with Crippen molar-refractivity contribution in [3.8, 4) is 0 Å². The van der Waals surface area contributed by atoms with Gasteiger partial charge < -0.3 is 10.2 Å². The number of pyridine rings is 1. The number of hydrogen-bond acceptors (Lipinski definition) is 3. The summed E-state index contributed by atoms with van der Waals surface area (Å²) < 4.78 is 0. The molecule has 0 unspecified atom stereocenters. The molecule has 2 amide bonds. The van der Waals surface area contributed by atoms with Gasteiger partial charge in [-0.3, -0.25) is 14.6 Å². The van der Waals surface area contributed by atoms with E-state index in [1.165, 1.54) is 0 Å². The number of nitrogens with one attached hydrogen (secondary N) is 1. The van der Waals surface area contributed by atoms with Crippen molar-refractivity contribution in [3.05, 3.63) is 102 Å². The van der Waals surface area contributed by atoms with Gasteiger partial charge >= 0.3 is 0 Å². The van der Waals surface area contributed by atoms with Crippen LogP contribution in [-0.4, -0.2) is 27.7 Å². The minimum Gasteiger partial charge on any atom is -0.350 e. The topological polar surface area (TPSA) is 62.3 Å². The van der Waals surface area contributed by atoms with Crippen molar-refractivity contribution in [3.63, 3.8) is 0 Å². The molecule has 0 aliphatic carbocycles. The van der Waals surface area contributed by atoms with E-state index in [1.807, 2.05) is 86.6 Å². The Morgan fingerprint density at radius 2 is 1.42 bits per heavy atom. The molecule has 1 N–H and O–H groups in total. The number of aromatic nitrogens is 1. The molecule has 0 radical (unpaired) electrons. The molecule has 0 saturated carbocycles. The van der Waals surface area contributed by atoms with Crippen LogP contribution in [0.4, 0.5) is 0 Å². The van der Waals surface area contributed by atoms with Crippen molar-refractivity contribution in [1.29, 1.82) is 0 Å². The summed E-state index contributed by atoms with van der Waals surface area (Å²) in [5.41, 5.74) is 2.98. The van der Waals surface area contributed by atoms with Crippen molar-refractivity contribution in [2.24, 2.45) is 5.92 Å². The normalized spacial score (nSPS) is 11.7. The van der Waals surface area contributed by atoms with Crippen molar-refractivity contribution >= 4 is 11.8 Å². The predicted octanol–water partition coefficient (Wildman–Crippen LogP) is 3.99. The molecule has 0 bridgehead atoms. The van der Waals surface area contributed by atoms with E-state index in [0.717, 1.165) is 16.7 Å². The Labute approximate surface area is 184 Å².